The van der Waals surface area contributed by atoms with Crippen LogP contribution >= 0.6 is 0 Å². The lowest BCUT2D eigenvalue weighted by Crippen LogP contribution is -2.26. The van der Waals surface area contributed by atoms with Crippen LogP contribution in [-0.4, -0.2) is 24.2 Å². The molecule has 0 aliphatic heterocycles. The van der Waals surface area contributed by atoms with Gasteiger partial charge >= 0.3 is 0 Å². The van der Waals surface area contributed by atoms with E-state index in [1.165, 1.54) is 25.0 Å². The minimum Gasteiger partial charge on any atom is -0.378 e. The molecule has 1 fully saturated rings. The fraction of sp³-hybridized carbons (Fsp3) is 0.571. The van der Waals surface area contributed by atoms with Crippen LogP contribution < -0.4 is 5.73 Å². The Kier molecular flexibility index (Phi) is 4.87. The number of benzene rings is 1. The minimum absolute atomic E-state index is 0.128. The lowest BCUT2D eigenvalue weighted by Gasteiger charge is -2.18. The lowest BCUT2D eigenvalue weighted by molar-refractivity contribution is -0.384. The summed E-state index contributed by atoms with van der Waals surface area (Å²) in [5, 5.41) is 10.5. The Hall–Kier alpha value is -1.46. The van der Waals surface area contributed by atoms with Gasteiger partial charge in [0, 0.05) is 12.1 Å². The Morgan fingerprint density at radius 3 is 2.68 bits per heavy atom. The van der Waals surface area contributed by atoms with E-state index in [1.54, 1.807) is 12.1 Å². The van der Waals surface area contributed by atoms with E-state index >= 15 is 0 Å². The summed E-state index contributed by atoms with van der Waals surface area (Å²) in [6.45, 7) is 1.35. The van der Waals surface area contributed by atoms with Crippen LogP contribution in [0, 0.1) is 16.0 Å². The molecule has 5 heteroatoms. The van der Waals surface area contributed by atoms with E-state index in [0.29, 0.717) is 25.2 Å². The molecule has 0 spiro atoms. The molecular formula is C14H20N2O3. The van der Waals surface area contributed by atoms with Gasteiger partial charge < -0.3 is 10.5 Å². The second-order valence-electron chi connectivity index (χ2n) is 5.01. The van der Waals surface area contributed by atoms with E-state index in [-0.39, 0.29) is 10.6 Å². The van der Waals surface area contributed by atoms with Crippen molar-refractivity contribution in [2.24, 2.45) is 11.7 Å². The monoisotopic (exact) mass is 264 g/mol. The highest BCUT2D eigenvalue weighted by atomic mass is 16.6. The molecule has 1 saturated carbocycles. The van der Waals surface area contributed by atoms with Gasteiger partial charge in [-0.3, -0.25) is 10.1 Å². The van der Waals surface area contributed by atoms with Gasteiger partial charge in [0.15, 0.2) is 0 Å². The number of nitro benzene ring substituents is 1. The van der Waals surface area contributed by atoms with Crippen LogP contribution in [0.2, 0.25) is 0 Å². The molecule has 2 rings (SSSR count). The molecule has 1 aromatic rings. The minimum atomic E-state index is -0.384. The Labute approximate surface area is 112 Å². The van der Waals surface area contributed by atoms with Gasteiger partial charge in [0.1, 0.15) is 0 Å². The van der Waals surface area contributed by atoms with Crippen molar-refractivity contribution in [2.45, 2.75) is 31.8 Å². The molecule has 0 heterocycles. The van der Waals surface area contributed by atoms with Gasteiger partial charge in [0.05, 0.1) is 17.6 Å². The van der Waals surface area contributed by atoms with Gasteiger partial charge in [0.25, 0.3) is 5.69 Å². The summed E-state index contributed by atoms with van der Waals surface area (Å²) >= 11 is 0. The Morgan fingerprint density at radius 2 is 2.05 bits per heavy atom. The molecule has 104 valence electrons. The standard InChI is InChI=1S/C14H20N2O3/c15-10-12-2-1-3-14(12)19-9-8-11-4-6-13(7-5-11)16(17)18/h4-7,12,14H,1-3,8-10,15H2. The number of hydrogen-bond donors (Lipinski definition) is 1. The van der Waals surface area contributed by atoms with Crippen LogP contribution in [0.15, 0.2) is 24.3 Å². The van der Waals surface area contributed by atoms with Gasteiger partial charge in [-0.2, -0.15) is 0 Å². The van der Waals surface area contributed by atoms with Crippen molar-refractivity contribution in [3.8, 4) is 0 Å². The number of non-ortho nitro benzene ring substituents is 1. The Balaban J connectivity index is 1.77. The quantitative estimate of drug-likeness (QED) is 0.631. The molecule has 0 saturated heterocycles. The number of nitrogens with zero attached hydrogens (tertiary/aromatic N) is 1. The molecule has 0 aromatic heterocycles. The predicted molar refractivity (Wildman–Crippen MR) is 72.9 cm³/mol. The van der Waals surface area contributed by atoms with E-state index in [0.717, 1.165) is 18.4 Å². The average Bonchev–Trinajstić information content (AvgIpc) is 2.87. The molecule has 19 heavy (non-hydrogen) atoms. The summed E-state index contributed by atoms with van der Waals surface area (Å²) in [5.74, 6) is 0.497. The number of rotatable bonds is 6. The largest absolute Gasteiger partial charge is 0.378 e. The number of nitrogens with two attached hydrogens (primary N) is 1. The van der Waals surface area contributed by atoms with Crippen LogP contribution in [0.25, 0.3) is 0 Å². The maximum absolute atomic E-state index is 10.5. The van der Waals surface area contributed by atoms with Gasteiger partial charge in [-0.05, 0) is 37.3 Å². The van der Waals surface area contributed by atoms with Gasteiger partial charge in [-0.15, -0.1) is 0 Å². The SMILES string of the molecule is NCC1CCCC1OCCc1ccc([N+](=O)[O-])cc1. The van der Waals surface area contributed by atoms with Gasteiger partial charge in [-0.1, -0.05) is 18.6 Å². The first kappa shape index (κ1) is 14.0. The van der Waals surface area contributed by atoms with E-state index in [1.807, 2.05) is 0 Å². The van der Waals surface area contributed by atoms with Crippen molar-refractivity contribution in [2.75, 3.05) is 13.2 Å². The highest BCUT2D eigenvalue weighted by Gasteiger charge is 2.26. The third-order valence-electron chi connectivity index (χ3n) is 3.76. The predicted octanol–water partition coefficient (Wildman–Crippen LogP) is 2.28. The second-order valence-corrected chi connectivity index (χ2v) is 5.01. The smallest absolute Gasteiger partial charge is 0.269 e. The van der Waals surface area contributed by atoms with Crippen LogP contribution in [0.5, 0.6) is 0 Å². The zero-order valence-corrected chi connectivity index (χ0v) is 11.0. The van der Waals surface area contributed by atoms with Gasteiger partial charge in [0.2, 0.25) is 0 Å². The fourth-order valence-corrected chi connectivity index (χ4v) is 2.60. The first-order chi connectivity index (χ1) is 9.20. The van der Waals surface area contributed by atoms with E-state index in [2.05, 4.69) is 0 Å². The van der Waals surface area contributed by atoms with Crippen molar-refractivity contribution in [3.05, 3.63) is 39.9 Å². The Morgan fingerprint density at radius 1 is 1.32 bits per heavy atom. The second kappa shape index (κ2) is 6.63. The fourth-order valence-electron chi connectivity index (χ4n) is 2.60. The number of nitro groups is 1. The summed E-state index contributed by atoms with van der Waals surface area (Å²) in [4.78, 5) is 10.2. The molecule has 5 nitrogen and oxygen atoms in total. The summed E-state index contributed by atoms with van der Waals surface area (Å²) < 4.78 is 5.87. The lowest BCUT2D eigenvalue weighted by atomic mass is 10.1. The van der Waals surface area contributed by atoms with Crippen LogP contribution in [-0.2, 0) is 11.2 Å². The molecule has 2 atom stereocenters. The highest BCUT2D eigenvalue weighted by Crippen LogP contribution is 2.27. The third kappa shape index (κ3) is 3.75. The summed E-state index contributed by atoms with van der Waals surface area (Å²) in [7, 11) is 0. The molecule has 0 radical (unpaired) electrons. The van der Waals surface area contributed by atoms with Crippen molar-refractivity contribution >= 4 is 5.69 Å². The third-order valence-corrected chi connectivity index (χ3v) is 3.76. The van der Waals surface area contributed by atoms with Crippen LogP contribution in [0.4, 0.5) is 5.69 Å². The first-order valence-electron chi connectivity index (χ1n) is 6.75. The molecule has 1 aromatic carbocycles. The molecule has 1 aliphatic carbocycles. The van der Waals surface area contributed by atoms with E-state index in [4.69, 9.17) is 10.5 Å². The average molecular weight is 264 g/mol. The first-order valence-corrected chi connectivity index (χ1v) is 6.75. The highest BCUT2D eigenvalue weighted by molar-refractivity contribution is 5.32. The maximum atomic E-state index is 10.5. The van der Waals surface area contributed by atoms with E-state index < -0.39 is 0 Å². The van der Waals surface area contributed by atoms with Crippen LogP contribution in [0.1, 0.15) is 24.8 Å². The van der Waals surface area contributed by atoms with E-state index in [9.17, 15) is 10.1 Å². The van der Waals surface area contributed by atoms with Crippen molar-refractivity contribution in [3.63, 3.8) is 0 Å². The maximum Gasteiger partial charge on any atom is 0.269 e. The van der Waals surface area contributed by atoms with Crippen molar-refractivity contribution in [1.29, 1.82) is 0 Å². The molecule has 0 amide bonds. The molecule has 1 aliphatic rings. The molecule has 0 bridgehead atoms. The zero-order valence-electron chi connectivity index (χ0n) is 11.0. The zero-order chi connectivity index (χ0) is 13.7. The summed E-state index contributed by atoms with van der Waals surface area (Å²) in [5.41, 5.74) is 6.90. The normalized spacial score (nSPS) is 22.6. The summed E-state index contributed by atoms with van der Waals surface area (Å²) in [6, 6.07) is 6.65. The van der Waals surface area contributed by atoms with Crippen LogP contribution in [0.3, 0.4) is 0 Å². The topological polar surface area (TPSA) is 78.4 Å². The van der Waals surface area contributed by atoms with Crippen molar-refractivity contribution in [1.82, 2.24) is 0 Å². The van der Waals surface area contributed by atoms with Gasteiger partial charge in [-0.25, -0.2) is 0 Å². The van der Waals surface area contributed by atoms with Crippen molar-refractivity contribution < 1.29 is 9.66 Å². The number of ether oxygens (including phenoxy) is 1. The summed E-state index contributed by atoms with van der Waals surface area (Å²) in [6.07, 6.45) is 4.54. The molecule has 2 unspecified atom stereocenters. The molecular weight excluding hydrogens is 244 g/mol. The Bertz CT molecular complexity index is 419. The number of hydrogen-bond acceptors (Lipinski definition) is 4. The molecule has 2 N–H and O–H groups in total.